The third-order valence-corrected chi connectivity index (χ3v) is 5.87. The molecule has 4 rings (SSSR count). The molecule has 1 aromatic heterocycles. The maximum Gasteiger partial charge on any atom is 0.0346 e. The smallest absolute Gasteiger partial charge is 0.0346 e. The van der Waals surface area contributed by atoms with Crippen molar-refractivity contribution in [1.29, 1.82) is 0 Å². The van der Waals surface area contributed by atoms with Crippen LogP contribution in [-0.4, -0.2) is 55.1 Å². The number of hydrogen-bond acceptors (Lipinski definition) is 4. The first-order chi connectivity index (χ1) is 10.4. The minimum Gasteiger partial charge on any atom is -0.314 e. The van der Waals surface area contributed by atoms with Crippen LogP contribution < -0.4 is 5.32 Å². The maximum absolute atomic E-state index is 3.45. The SMILES string of the molecule is Cl.c1ccc2sc(CN3CCC(N4CCNCC4)C3)cc2c1. The summed E-state index contributed by atoms with van der Waals surface area (Å²) in [5.41, 5.74) is 0. The number of benzene rings is 1. The molecule has 2 aliphatic heterocycles. The molecule has 2 fully saturated rings. The molecule has 2 saturated heterocycles. The van der Waals surface area contributed by atoms with Gasteiger partial charge in [0.2, 0.25) is 0 Å². The summed E-state index contributed by atoms with van der Waals surface area (Å²) in [5.74, 6) is 0. The van der Waals surface area contributed by atoms with E-state index < -0.39 is 0 Å². The molecule has 0 bridgehead atoms. The molecule has 22 heavy (non-hydrogen) atoms. The van der Waals surface area contributed by atoms with E-state index in [4.69, 9.17) is 0 Å². The minimum atomic E-state index is 0. The lowest BCUT2D eigenvalue weighted by atomic mass is 10.2. The molecule has 0 amide bonds. The lowest BCUT2D eigenvalue weighted by Crippen LogP contribution is -2.49. The van der Waals surface area contributed by atoms with Crippen molar-refractivity contribution in [2.45, 2.75) is 19.0 Å². The predicted octanol–water partition coefficient (Wildman–Crippen LogP) is 2.80. The molecule has 3 nitrogen and oxygen atoms in total. The highest BCUT2D eigenvalue weighted by Gasteiger charge is 2.28. The molecule has 2 aromatic rings. The van der Waals surface area contributed by atoms with Crippen molar-refractivity contribution in [2.24, 2.45) is 0 Å². The number of hydrogen-bond donors (Lipinski definition) is 1. The Morgan fingerprint density at radius 2 is 1.95 bits per heavy atom. The zero-order chi connectivity index (χ0) is 14.1. The van der Waals surface area contributed by atoms with E-state index in [-0.39, 0.29) is 12.4 Å². The van der Waals surface area contributed by atoms with Gasteiger partial charge in [-0.05, 0) is 23.9 Å². The van der Waals surface area contributed by atoms with Gasteiger partial charge >= 0.3 is 0 Å². The first-order valence-corrected chi connectivity index (χ1v) is 8.85. The van der Waals surface area contributed by atoms with Gasteiger partial charge in [-0.15, -0.1) is 23.7 Å². The first-order valence-electron chi connectivity index (χ1n) is 8.03. The molecule has 5 heteroatoms. The molecule has 1 N–H and O–H groups in total. The van der Waals surface area contributed by atoms with Gasteiger partial charge in [-0.2, -0.15) is 0 Å². The van der Waals surface area contributed by atoms with Crippen LogP contribution in [0.2, 0.25) is 0 Å². The Bertz CT molecular complexity index is 576. The number of halogens is 1. The fourth-order valence-electron chi connectivity index (χ4n) is 3.64. The summed E-state index contributed by atoms with van der Waals surface area (Å²) in [6, 6.07) is 11.9. The van der Waals surface area contributed by atoms with E-state index in [1.54, 1.807) is 0 Å². The average molecular weight is 338 g/mol. The Labute approximate surface area is 142 Å². The zero-order valence-electron chi connectivity index (χ0n) is 12.8. The van der Waals surface area contributed by atoms with Crippen LogP contribution in [0.15, 0.2) is 30.3 Å². The number of nitrogens with one attached hydrogen (secondary N) is 1. The summed E-state index contributed by atoms with van der Waals surface area (Å²) < 4.78 is 1.42. The van der Waals surface area contributed by atoms with Crippen molar-refractivity contribution in [3.05, 3.63) is 35.2 Å². The van der Waals surface area contributed by atoms with E-state index >= 15 is 0 Å². The van der Waals surface area contributed by atoms with E-state index in [2.05, 4.69) is 45.4 Å². The number of thiophene rings is 1. The van der Waals surface area contributed by atoms with Crippen LogP contribution >= 0.6 is 23.7 Å². The third-order valence-electron chi connectivity index (χ3n) is 4.77. The molecule has 1 unspecified atom stereocenters. The van der Waals surface area contributed by atoms with E-state index in [1.807, 2.05) is 11.3 Å². The summed E-state index contributed by atoms with van der Waals surface area (Å²) in [5, 5.41) is 4.85. The summed E-state index contributed by atoms with van der Waals surface area (Å²) in [6.45, 7) is 8.39. The maximum atomic E-state index is 3.45. The number of nitrogens with zero attached hydrogens (tertiary/aromatic N) is 2. The molecule has 2 aliphatic rings. The van der Waals surface area contributed by atoms with Crippen molar-refractivity contribution in [3.63, 3.8) is 0 Å². The predicted molar refractivity (Wildman–Crippen MR) is 97.2 cm³/mol. The van der Waals surface area contributed by atoms with Crippen molar-refractivity contribution in [2.75, 3.05) is 39.3 Å². The van der Waals surface area contributed by atoms with E-state index in [0.29, 0.717) is 0 Å². The Morgan fingerprint density at radius 3 is 2.77 bits per heavy atom. The lowest BCUT2D eigenvalue weighted by molar-refractivity contribution is 0.170. The van der Waals surface area contributed by atoms with Crippen molar-refractivity contribution < 1.29 is 0 Å². The van der Waals surface area contributed by atoms with E-state index in [0.717, 1.165) is 25.7 Å². The van der Waals surface area contributed by atoms with Crippen molar-refractivity contribution in [1.82, 2.24) is 15.1 Å². The molecule has 0 aliphatic carbocycles. The monoisotopic (exact) mass is 337 g/mol. The normalized spacial score (nSPS) is 23.7. The van der Waals surface area contributed by atoms with Crippen LogP contribution in [0.25, 0.3) is 10.1 Å². The van der Waals surface area contributed by atoms with Gasteiger partial charge in [0.1, 0.15) is 0 Å². The van der Waals surface area contributed by atoms with Crippen LogP contribution in [0.4, 0.5) is 0 Å². The zero-order valence-corrected chi connectivity index (χ0v) is 14.5. The fraction of sp³-hybridized carbons (Fsp3) is 0.529. The second-order valence-corrected chi connectivity index (χ2v) is 7.38. The van der Waals surface area contributed by atoms with Crippen LogP contribution in [0.5, 0.6) is 0 Å². The second kappa shape index (κ2) is 7.28. The quantitative estimate of drug-likeness (QED) is 0.929. The Morgan fingerprint density at radius 1 is 1.14 bits per heavy atom. The van der Waals surface area contributed by atoms with Crippen LogP contribution in [0.3, 0.4) is 0 Å². The van der Waals surface area contributed by atoms with Gasteiger partial charge in [-0.1, -0.05) is 18.2 Å². The Balaban J connectivity index is 0.00000144. The largest absolute Gasteiger partial charge is 0.314 e. The Kier molecular flexibility index (Phi) is 5.37. The standard InChI is InChI=1S/C17H23N3S.ClH/c1-2-4-17-14(3-1)11-16(21-17)13-19-8-5-15(12-19)20-9-6-18-7-10-20;/h1-4,11,15,18H,5-10,12-13H2;1H. The summed E-state index contributed by atoms with van der Waals surface area (Å²) >= 11 is 1.96. The number of rotatable bonds is 3. The highest BCUT2D eigenvalue weighted by atomic mass is 35.5. The highest BCUT2D eigenvalue weighted by molar-refractivity contribution is 7.19. The topological polar surface area (TPSA) is 18.5 Å². The summed E-state index contributed by atoms with van der Waals surface area (Å²) in [4.78, 5) is 6.83. The van der Waals surface area contributed by atoms with E-state index in [1.165, 1.54) is 47.6 Å². The van der Waals surface area contributed by atoms with Gasteiger partial charge in [0, 0.05) is 61.4 Å². The minimum absolute atomic E-state index is 0. The van der Waals surface area contributed by atoms with Gasteiger partial charge in [0.15, 0.2) is 0 Å². The molecule has 1 atom stereocenters. The average Bonchev–Trinajstić information content (AvgIpc) is 3.14. The molecule has 0 saturated carbocycles. The third kappa shape index (κ3) is 3.47. The molecule has 0 spiro atoms. The van der Waals surface area contributed by atoms with Gasteiger partial charge in [-0.25, -0.2) is 0 Å². The van der Waals surface area contributed by atoms with Crippen molar-refractivity contribution >= 4 is 33.8 Å². The summed E-state index contributed by atoms with van der Waals surface area (Å²) in [7, 11) is 0. The van der Waals surface area contributed by atoms with Crippen molar-refractivity contribution in [3.8, 4) is 0 Å². The molecule has 3 heterocycles. The molecule has 0 radical (unpaired) electrons. The van der Waals surface area contributed by atoms with Crippen LogP contribution in [-0.2, 0) is 6.54 Å². The first kappa shape index (κ1) is 16.2. The van der Waals surface area contributed by atoms with Gasteiger partial charge < -0.3 is 5.32 Å². The lowest BCUT2D eigenvalue weighted by Gasteiger charge is -2.32. The van der Waals surface area contributed by atoms with E-state index in [9.17, 15) is 0 Å². The molecule has 1 aromatic carbocycles. The molecular formula is C17H24ClN3S. The number of likely N-dealkylation sites (tertiary alicyclic amines) is 1. The Hall–Kier alpha value is -0.650. The number of piperazine rings is 1. The van der Waals surface area contributed by atoms with Gasteiger partial charge in [0.25, 0.3) is 0 Å². The highest BCUT2D eigenvalue weighted by Crippen LogP contribution is 2.27. The number of fused-ring (bicyclic) bond motifs is 1. The van der Waals surface area contributed by atoms with Crippen LogP contribution in [0.1, 0.15) is 11.3 Å². The molecular weight excluding hydrogens is 314 g/mol. The van der Waals surface area contributed by atoms with Crippen LogP contribution in [0, 0.1) is 0 Å². The fourth-order valence-corrected chi connectivity index (χ4v) is 4.74. The second-order valence-electron chi connectivity index (χ2n) is 6.21. The summed E-state index contributed by atoms with van der Waals surface area (Å²) in [6.07, 6.45) is 1.34. The van der Waals surface area contributed by atoms with Gasteiger partial charge in [-0.3, -0.25) is 9.80 Å². The van der Waals surface area contributed by atoms with Gasteiger partial charge in [0.05, 0.1) is 0 Å². The molecule has 120 valence electrons.